The van der Waals surface area contributed by atoms with E-state index < -0.39 is 5.66 Å². The van der Waals surface area contributed by atoms with Crippen LogP contribution in [0.5, 0.6) is 0 Å². The summed E-state index contributed by atoms with van der Waals surface area (Å²) in [5.41, 5.74) is 3.82. The van der Waals surface area contributed by atoms with Gasteiger partial charge in [-0.15, -0.1) is 0 Å². The molecule has 0 bridgehead atoms. The molecule has 0 saturated heterocycles. The summed E-state index contributed by atoms with van der Waals surface area (Å²) in [6, 6.07) is 28.9. The van der Waals surface area contributed by atoms with Crippen LogP contribution in [0, 0.1) is 0 Å². The van der Waals surface area contributed by atoms with Crippen LogP contribution >= 0.6 is 0 Å². The molecule has 1 aliphatic heterocycles. The van der Waals surface area contributed by atoms with E-state index in [2.05, 4.69) is 71.1 Å². The SMILES string of the molecule is CN=C1NC(c2ccccc2)=NC(C)(c2ccccc2-c2ccccc2)N1. The summed E-state index contributed by atoms with van der Waals surface area (Å²) in [6.45, 7) is 2.09. The van der Waals surface area contributed by atoms with Gasteiger partial charge in [0, 0.05) is 18.2 Å². The van der Waals surface area contributed by atoms with E-state index in [1.807, 2.05) is 36.4 Å². The van der Waals surface area contributed by atoms with Gasteiger partial charge < -0.3 is 10.6 Å². The number of hydrogen-bond donors (Lipinski definition) is 2. The summed E-state index contributed by atoms with van der Waals surface area (Å²) >= 11 is 0. The molecular weight excluding hydrogens is 332 g/mol. The molecule has 1 aliphatic rings. The Balaban J connectivity index is 1.87. The molecular formula is C23H22N4. The Morgan fingerprint density at radius 1 is 0.778 bits per heavy atom. The highest BCUT2D eigenvalue weighted by Crippen LogP contribution is 2.34. The Kier molecular flexibility index (Phi) is 4.47. The molecule has 0 saturated carbocycles. The van der Waals surface area contributed by atoms with Crippen LogP contribution in [0.2, 0.25) is 0 Å². The van der Waals surface area contributed by atoms with Gasteiger partial charge in [-0.1, -0.05) is 84.9 Å². The van der Waals surface area contributed by atoms with Crippen LogP contribution in [0.15, 0.2) is 94.9 Å². The first-order valence-corrected chi connectivity index (χ1v) is 9.02. The van der Waals surface area contributed by atoms with Crippen LogP contribution in [0.4, 0.5) is 0 Å². The van der Waals surface area contributed by atoms with E-state index in [-0.39, 0.29) is 0 Å². The van der Waals surface area contributed by atoms with Crippen LogP contribution in [0.1, 0.15) is 18.1 Å². The monoisotopic (exact) mass is 354 g/mol. The van der Waals surface area contributed by atoms with Crippen LogP contribution in [0.25, 0.3) is 11.1 Å². The van der Waals surface area contributed by atoms with Crippen molar-refractivity contribution >= 4 is 11.8 Å². The summed E-state index contributed by atoms with van der Waals surface area (Å²) in [7, 11) is 1.77. The minimum absolute atomic E-state index is 0.641. The summed E-state index contributed by atoms with van der Waals surface area (Å²) in [4.78, 5) is 9.41. The molecule has 1 heterocycles. The maximum Gasteiger partial charge on any atom is 0.198 e. The first-order chi connectivity index (χ1) is 13.2. The lowest BCUT2D eigenvalue weighted by atomic mass is 9.91. The van der Waals surface area contributed by atoms with Crippen molar-refractivity contribution in [3.63, 3.8) is 0 Å². The second-order valence-corrected chi connectivity index (χ2v) is 6.63. The van der Waals surface area contributed by atoms with Crippen molar-refractivity contribution in [1.29, 1.82) is 0 Å². The number of aliphatic imine (C=N–C) groups is 2. The number of amidine groups is 1. The number of guanidine groups is 1. The molecule has 1 atom stereocenters. The smallest absolute Gasteiger partial charge is 0.198 e. The molecule has 2 N–H and O–H groups in total. The largest absolute Gasteiger partial charge is 0.328 e. The van der Waals surface area contributed by atoms with Gasteiger partial charge in [0.1, 0.15) is 5.84 Å². The highest BCUT2D eigenvalue weighted by molar-refractivity contribution is 6.10. The molecule has 134 valence electrons. The van der Waals surface area contributed by atoms with Gasteiger partial charge in [0.2, 0.25) is 0 Å². The van der Waals surface area contributed by atoms with E-state index >= 15 is 0 Å². The normalized spacial score (nSPS) is 20.5. The Bertz CT molecular complexity index is 993. The minimum Gasteiger partial charge on any atom is -0.328 e. The molecule has 0 spiro atoms. The van der Waals surface area contributed by atoms with Gasteiger partial charge in [-0.2, -0.15) is 0 Å². The molecule has 3 aromatic carbocycles. The van der Waals surface area contributed by atoms with Crippen molar-refractivity contribution in [2.75, 3.05) is 7.05 Å². The lowest BCUT2D eigenvalue weighted by Gasteiger charge is -2.36. The Morgan fingerprint density at radius 2 is 1.37 bits per heavy atom. The molecule has 4 heteroatoms. The topological polar surface area (TPSA) is 48.8 Å². The number of rotatable bonds is 3. The fraction of sp³-hybridized carbons (Fsp3) is 0.130. The molecule has 4 rings (SSSR count). The third-order valence-corrected chi connectivity index (χ3v) is 4.74. The molecule has 27 heavy (non-hydrogen) atoms. The molecule has 0 fully saturated rings. The number of hydrogen-bond acceptors (Lipinski definition) is 2. The highest BCUT2D eigenvalue weighted by atomic mass is 15.3. The predicted octanol–water partition coefficient (Wildman–Crippen LogP) is 4.15. The van der Waals surface area contributed by atoms with Crippen molar-refractivity contribution in [2.24, 2.45) is 9.98 Å². The zero-order valence-electron chi connectivity index (χ0n) is 15.5. The first kappa shape index (κ1) is 17.0. The van der Waals surface area contributed by atoms with Crippen molar-refractivity contribution in [3.8, 4) is 11.1 Å². The van der Waals surface area contributed by atoms with Crippen molar-refractivity contribution in [1.82, 2.24) is 10.6 Å². The van der Waals surface area contributed by atoms with Crippen LogP contribution in [-0.4, -0.2) is 18.8 Å². The lowest BCUT2D eigenvalue weighted by Crippen LogP contribution is -2.55. The minimum atomic E-state index is -0.641. The van der Waals surface area contributed by atoms with E-state index in [0.717, 1.165) is 22.5 Å². The standard InChI is InChI=1S/C23H22N4/c1-23(20-16-10-9-15-19(20)17-11-5-3-6-12-17)26-21(25-22(24-2)27-23)18-13-7-4-8-14-18/h3-16H,1-2H3,(H2,24,25,26,27). The quantitative estimate of drug-likeness (QED) is 0.742. The van der Waals surface area contributed by atoms with Gasteiger partial charge in [-0.3, -0.25) is 4.99 Å². The molecule has 3 aromatic rings. The number of benzene rings is 3. The third-order valence-electron chi connectivity index (χ3n) is 4.74. The summed E-state index contributed by atoms with van der Waals surface area (Å²) < 4.78 is 0. The Hall–Kier alpha value is -3.40. The zero-order chi connectivity index (χ0) is 18.7. The van der Waals surface area contributed by atoms with Gasteiger partial charge >= 0.3 is 0 Å². The van der Waals surface area contributed by atoms with Gasteiger partial charge in [-0.25, -0.2) is 4.99 Å². The van der Waals surface area contributed by atoms with Gasteiger partial charge in [0.25, 0.3) is 0 Å². The fourth-order valence-corrected chi connectivity index (χ4v) is 3.40. The Labute approximate surface area is 159 Å². The maximum absolute atomic E-state index is 5.05. The average Bonchev–Trinajstić information content (AvgIpc) is 2.74. The lowest BCUT2D eigenvalue weighted by molar-refractivity contribution is 0.446. The van der Waals surface area contributed by atoms with Crippen LogP contribution in [-0.2, 0) is 5.66 Å². The highest BCUT2D eigenvalue weighted by Gasteiger charge is 2.34. The summed E-state index contributed by atoms with van der Waals surface area (Å²) in [5, 5.41) is 6.75. The third kappa shape index (κ3) is 3.34. The molecule has 1 unspecified atom stereocenters. The molecule has 4 nitrogen and oxygen atoms in total. The number of nitrogens with zero attached hydrogens (tertiary/aromatic N) is 2. The van der Waals surface area contributed by atoms with Gasteiger partial charge in [0.15, 0.2) is 11.6 Å². The molecule has 0 aromatic heterocycles. The zero-order valence-corrected chi connectivity index (χ0v) is 15.5. The van der Waals surface area contributed by atoms with E-state index in [1.165, 1.54) is 5.56 Å². The summed E-state index contributed by atoms with van der Waals surface area (Å²) in [6.07, 6.45) is 0. The predicted molar refractivity (Wildman–Crippen MR) is 112 cm³/mol. The second-order valence-electron chi connectivity index (χ2n) is 6.63. The molecule has 0 aliphatic carbocycles. The fourth-order valence-electron chi connectivity index (χ4n) is 3.40. The van der Waals surface area contributed by atoms with E-state index in [0.29, 0.717) is 5.96 Å². The molecule has 0 amide bonds. The van der Waals surface area contributed by atoms with Crippen LogP contribution in [0.3, 0.4) is 0 Å². The number of nitrogens with one attached hydrogen (secondary N) is 2. The second kappa shape index (κ2) is 7.08. The van der Waals surface area contributed by atoms with E-state index in [4.69, 9.17) is 4.99 Å². The first-order valence-electron chi connectivity index (χ1n) is 9.02. The molecule has 0 radical (unpaired) electrons. The van der Waals surface area contributed by atoms with E-state index in [9.17, 15) is 0 Å². The van der Waals surface area contributed by atoms with E-state index in [1.54, 1.807) is 7.05 Å². The maximum atomic E-state index is 5.05. The van der Waals surface area contributed by atoms with Crippen molar-refractivity contribution in [3.05, 3.63) is 96.1 Å². The summed E-state index contributed by atoms with van der Waals surface area (Å²) in [5.74, 6) is 1.51. The Morgan fingerprint density at radius 3 is 2.04 bits per heavy atom. The van der Waals surface area contributed by atoms with Crippen LogP contribution < -0.4 is 10.6 Å². The van der Waals surface area contributed by atoms with Crippen molar-refractivity contribution in [2.45, 2.75) is 12.6 Å². The van der Waals surface area contributed by atoms with Gasteiger partial charge in [0.05, 0.1) is 0 Å². The van der Waals surface area contributed by atoms with Crippen molar-refractivity contribution < 1.29 is 0 Å². The van der Waals surface area contributed by atoms with Gasteiger partial charge in [-0.05, 0) is 18.1 Å². The average molecular weight is 354 g/mol.